The van der Waals surface area contributed by atoms with Gasteiger partial charge >= 0.3 is 0 Å². The van der Waals surface area contributed by atoms with Crippen LogP contribution in [0.1, 0.15) is 29.6 Å². The first-order valence-corrected chi connectivity index (χ1v) is 9.12. The van der Waals surface area contributed by atoms with Gasteiger partial charge < -0.3 is 14.8 Å². The van der Waals surface area contributed by atoms with Crippen molar-refractivity contribution in [3.05, 3.63) is 64.4 Å². The monoisotopic (exact) mass is 414 g/mol. The zero-order chi connectivity index (χ0) is 18.1. The van der Waals surface area contributed by atoms with Crippen molar-refractivity contribution in [1.29, 1.82) is 0 Å². The van der Waals surface area contributed by atoms with Crippen LogP contribution in [0.15, 0.2) is 53.3 Å². The van der Waals surface area contributed by atoms with Gasteiger partial charge in [0, 0.05) is 10.0 Å². The van der Waals surface area contributed by atoms with E-state index in [0.29, 0.717) is 0 Å². The molecule has 1 N–H and O–H groups in total. The molecule has 2 heterocycles. The fourth-order valence-corrected chi connectivity index (χ4v) is 3.84. The van der Waals surface area contributed by atoms with Crippen molar-refractivity contribution < 1.29 is 9.47 Å². The first-order valence-electron chi connectivity index (χ1n) is 8.33. The normalized spacial score (nSPS) is 18.7. The number of benzene rings is 2. The average molecular weight is 415 g/mol. The number of halogens is 1. The van der Waals surface area contributed by atoms with Gasteiger partial charge in [-0.3, -0.25) is 0 Å². The van der Waals surface area contributed by atoms with E-state index in [2.05, 4.69) is 43.5 Å². The number of fused-ring (bicyclic) bond motifs is 1. The van der Waals surface area contributed by atoms with E-state index < -0.39 is 0 Å². The predicted molar refractivity (Wildman–Crippen MR) is 103 cm³/mol. The number of aromatic nitrogens is 3. The van der Waals surface area contributed by atoms with E-state index in [4.69, 9.17) is 9.47 Å². The van der Waals surface area contributed by atoms with Crippen LogP contribution in [0.3, 0.4) is 0 Å². The van der Waals surface area contributed by atoms with Crippen molar-refractivity contribution in [1.82, 2.24) is 14.8 Å². The van der Waals surface area contributed by atoms with Gasteiger partial charge in [0.1, 0.15) is 17.8 Å². The maximum absolute atomic E-state index is 5.60. The lowest BCUT2D eigenvalue weighted by Crippen LogP contribution is -2.28. The van der Waals surface area contributed by atoms with Crippen LogP contribution in [0.2, 0.25) is 0 Å². The lowest BCUT2D eigenvalue weighted by Gasteiger charge is -2.32. The molecule has 0 spiro atoms. The number of hydrogen-bond donors (Lipinski definition) is 1. The smallest absolute Gasteiger partial charge is 0.222 e. The second-order valence-electron chi connectivity index (χ2n) is 6.14. The first kappa shape index (κ1) is 16.9. The number of nitrogens with one attached hydrogen (secondary N) is 1. The molecule has 0 unspecified atom stereocenters. The van der Waals surface area contributed by atoms with E-state index in [1.54, 1.807) is 20.5 Å². The Balaban J connectivity index is 1.79. The van der Waals surface area contributed by atoms with Gasteiger partial charge in [0.25, 0.3) is 0 Å². The highest BCUT2D eigenvalue weighted by Gasteiger charge is 2.32. The SMILES string of the molecule is COc1ccc(OC)c([C@@H]2C[C@@H](c3cccc(Br)c3)Nc3ncnn32)c1. The maximum atomic E-state index is 5.60. The fraction of sp³-hybridized carbons (Fsp3) is 0.263. The summed E-state index contributed by atoms with van der Waals surface area (Å²) in [5.41, 5.74) is 2.22. The molecule has 0 radical (unpaired) electrons. The molecule has 26 heavy (non-hydrogen) atoms. The Morgan fingerprint density at radius 1 is 1.15 bits per heavy atom. The van der Waals surface area contributed by atoms with Crippen LogP contribution < -0.4 is 14.8 Å². The van der Waals surface area contributed by atoms with E-state index in [1.807, 2.05) is 35.0 Å². The summed E-state index contributed by atoms with van der Waals surface area (Å²) in [6.07, 6.45) is 2.39. The first-order chi connectivity index (χ1) is 12.7. The van der Waals surface area contributed by atoms with Crippen molar-refractivity contribution in [3.63, 3.8) is 0 Å². The zero-order valence-corrected chi connectivity index (χ0v) is 16.1. The highest BCUT2D eigenvalue weighted by Crippen LogP contribution is 2.41. The van der Waals surface area contributed by atoms with E-state index in [9.17, 15) is 0 Å². The Labute approximate surface area is 160 Å². The van der Waals surface area contributed by atoms with Gasteiger partial charge in [-0.05, 0) is 42.3 Å². The van der Waals surface area contributed by atoms with Crippen LogP contribution in [0.4, 0.5) is 5.95 Å². The molecule has 1 aromatic heterocycles. The molecule has 0 fully saturated rings. The molecule has 0 saturated heterocycles. The minimum absolute atomic E-state index is 0.0113. The summed E-state index contributed by atoms with van der Waals surface area (Å²) < 4.78 is 14.0. The molecular weight excluding hydrogens is 396 g/mol. The van der Waals surface area contributed by atoms with Gasteiger partial charge in [-0.1, -0.05) is 28.1 Å². The third kappa shape index (κ3) is 3.03. The Morgan fingerprint density at radius 2 is 2.04 bits per heavy atom. The molecule has 134 valence electrons. The molecule has 2 aromatic carbocycles. The molecule has 2 atom stereocenters. The molecule has 0 bridgehead atoms. The van der Waals surface area contributed by atoms with Crippen LogP contribution in [0, 0.1) is 0 Å². The van der Waals surface area contributed by atoms with E-state index >= 15 is 0 Å². The van der Waals surface area contributed by atoms with Crippen LogP contribution in [-0.4, -0.2) is 29.0 Å². The molecular formula is C19H19BrN4O2. The Morgan fingerprint density at radius 3 is 2.81 bits per heavy atom. The maximum Gasteiger partial charge on any atom is 0.222 e. The molecule has 6 nitrogen and oxygen atoms in total. The minimum atomic E-state index is -0.0113. The van der Waals surface area contributed by atoms with E-state index in [0.717, 1.165) is 33.9 Å². The standard InChI is InChI=1S/C19H19BrN4O2/c1-25-14-6-7-18(26-2)15(9-14)17-10-16(12-4-3-5-13(20)8-12)23-19-21-11-22-24(17)19/h3-9,11,16-17H,10H2,1-2H3,(H,21,22,23)/t16-,17-/m0/s1. The quantitative estimate of drug-likeness (QED) is 0.692. The van der Waals surface area contributed by atoms with Gasteiger partial charge in [-0.2, -0.15) is 10.1 Å². The van der Waals surface area contributed by atoms with Gasteiger partial charge in [-0.25, -0.2) is 4.68 Å². The molecule has 3 aromatic rings. The van der Waals surface area contributed by atoms with Crippen LogP contribution in [0.5, 0.6) is 11.5 Å². The zero-order valence-electron chi connectivity index (χ0n) is 14.5. The van der Waals surface area contributed by atoms with E-state index in [1.165, 1.54) is 5.56 Å². The molecule has 1 aliphatic heterocycles. The van der Waals surface area contributed by atoms with Crippen molar-refractivity contribution in [2.75, 3.05) is 19.5 Å². The number of ether oxygens (including phenoxy) is 2. The third-order valence-corrected chi connectivity index (χ3v) is 5.17. The van der Waals surface area contributed by atoms with Crippen molar-refractivity contribution in [2.24, 2.45) is 0 Å². The Kier molecular flexibility index (Phi) is 4.55. The summed E-state index contributed by atoms with van der Waals surface area (Å²) in [5.74, 6) is 2.35. The summed E-state index contributed by atoms with van der Waals surface area (Å²) in [5, 5.41) is 7.91. The summed E-state index contributed by atoms with van der Waals surface area (Å²) in [4.78, 5) is 4.39. The Hall–Kier alpha value is -2.54. The largest absolute Gasteiger partial charge is 0.497 e. The van der Waals surface area contributed by atoms with Gasteiger partial charge in [0.2, 0.25) is 5.95 Å². The molecule has 0 saturated carbocycles. The highest BCUT2D eigenvalue weighted by atomic mass is 79.9. The minimum Gasteiger partial charge on any atom is -0.497 e. The van der Waals surface area contributed by atoms with Gasteiger partial charge in [0.05, 0.1) is 26.3 Å². The summed E-state index contributed by atoms with van der Waals surface area (Å²) >= 11 is 3.56. The fourth-order valence-electron chi connectivity index (χ4n) is 3.42. The number of rotatable bonds is 4. The topological polar surface area (TPSA) is 61.2 Å². The second-order valence-corrected chi connectivity index (χ2v) is 7.06. The molecule has 1 aliphatic rings. The predicted octanol–water partition coefficient (Wildman–Crippen LogP) is 4.20. The number of nitrogens with zero attached hydrogens (tertiary/aromatic N) is 3. The molecule has 7 heteroatoms. The van der Waals surface area contributed by atoms with Crippen molar-refractivity contribution in [2.45, 2.75) is 18.5 Å². The number of methoxy groups -OCH3 is 2. The molecule has 0 amide bonds. The molecule has 4 rings (SSSR count). The summed E-state index contributed by atoms with van der Waals surface area (Å²) in [6, 6.07) is 14.3. The number of hydrogen-bond acceptors (Lipinski definition) is 5. The third-order valence-electron chi connectivity index (χ3n) is 4.68. The Bertz CT molecular complexity index is 927. The molecule has 0 aliphatic carbocycles. The number of anilines is 1. The lowest BCUT2D eigenvalue weighted by molar-refractivity contribution is 0.373. The van der Waals surface area contributed by atoms with Crippen molar-refractivity contribution in [3.8, 4) is 11.5 Å². The van der Waals surface area contributed by atoms with Gasteiger partial charge in [-0.15, -0.1) is 0 Å². The van der Waals surface area contributed by atoms with Crippen molar-refractivity contribution >= 4 is 21.9 Å². The summed E-state index contributed by atoms with van der Waals surface area (Å²) in [7, 11) is 3.35. The highest BCUT2D eigenvalue weighted by molar-refractivity contribution is 9.10. The second kappa shape index (κ2) is 6.99. The summed E-state index contributed by atoms with van der Waals surface area (Å²) in [6.45, 7) is 0. The van der Waals surface area contributed by atoms with Crippen LogP contribution >= 0.6 is 15.9 Å². The average Bonchev–Trinajstić information content (AvgIpc) is 3.15. The van der Waals surface area contributed by atoms with Crippen LogP contribution in [0.25, 0.3) is 0 Å². The van der Waals surface area contributed by atoms with Gasteiger partial charge in [0.15, 0.2) is 0 Å². The van der Waals surface area contributed by atoms with E-state index in [-0.39, 0.29) is 12.1 Å². The lowest BCUT2D eigenvalue weighted by atomic mass is 9.92. The van der Waals surface area contributed by atoms with Crippen LogP contribution in [-0.2, 0) is 0 Å².